The summed E-state index contributed by atoms with van der Waals surface area (Å²) in [6.07, 6.45) is 0. The lowest BCUT2D eigenvalue weighted by Gasteiger charge is -1.95. The van der Waals surface area contributed by atoms with Crippen LogP contribution in [0.5, 0.6) is 0 Å². The zero-order valence-electron chi connectivity index (χ0n) is 5.77. The highest BCUT2D eigenvalue weighted by atomic mass is 127. The van der Waals surface area contributed by atoms with Crippen LogP contribution < -0.4 is 0 Å². The Morgan fingerprint density at radius 1 is 1.25 bits per heavy atom. The van der Waals surface area contributed by atoms with Crippen LogP contribution in [-0.2, 0) is 0 Å². The molecule has 0 fully saturated rings. The van der Waals surface area contributed by atoms with Gasteiger partial charge in [0.1, 0.15) is 0 Å². The molecule has 2 aromatic rings. The van der Waals surface area contributed by atoms with E-state index in [-0.39, 0.29) is 0 Å². The van der Waals surface area contributed by atoms with Crippen molar-refractivity contribution in [1.29, 1.82) is 0 Å². The monoisotopic (exact) mass is 464 g/mol. The first-order chi connectivity index (χ1) is 5.68. The third-order valence-corrected chi connectivity index (χ3v) is 6.37. The lowest BCUT2D eigenvalue weighted by atomic mass is 10.3. The van der Waals surface area contributed by atoms with E-state index >= 15 is 0 Å². The zero-order valence-corrected chi connectivity index (χ0v) is 12.5. The van der Waals surface area contributed by atoms with Crippen LogP contribution in [0.4, 0.5) is 0 Å². The summed E-state index contributed by atoms with van der Waals surface area (Å²) in [6.45, 7) is 0. The van der Waals surface area contributed by atoms with Crippen molar-refractivity contribution in [2.24, 2.45) is 0 Å². The molecule has 0 bridgehead atoms. The van der Waals surface area contributed by atoms with Gasteiger partial charge in [-0.05, 0) is 78.6 Å². The fourth-order valence-electron chi connectivity index (χ4n) is 1.01. The van der Waals surface area contributed by atoms with Gasteiger partial charge < -0.3 is 0 Å². The first kappa shape index (κ1) is 9.67. The van der Waals surface area contributed by atoms with Gasteiger partial charge in [-0.2, -0.15) is 0 Å². The Hall–Kier alpha value is 1.12. The van der Waals surface area contributed by atoms with E-state index in [1.165, 1.54) is 21.0 Å². The van der Waals surface area contributed by atoms with E-state index in [0.717, 1.165) is 0 Å². The summed E-state index contributed by atoms with van der Waals surface area (Å²) in [5, 5.41) is 1.34. The van der Waals surface area contributed by atoms with Gasteiger partial charge in [0.05, 0.1) is 2.88 Å². The number of benzene rings is 1. The predicted molar refractivity (Wildman–Crippen MR) is 75.0 cm³/mol. The van der Waals surface area contributed by atoms with Gasteiger partial charge in [-0.15, -0.1) is 11.3 Å². The van der Waals surface area contributed by atoms with E-state index in [0.29, 0.717) is 0 Å². The molecule has 0 saturated heterocycles. The molecule has 0 nitrogen and oxygen atoms in total. The largest absolute Gasteiger partial charge is 0.128 e. The number of rotatable bonds is 0. The van der Waals surface area contributed by atoms with Crippen molar-refractivity contribution in [1.82, 2.24) is 0 Å². The lowest BCUT2D eigenvalue weighted by Crippen LogP contribution is -1.72. The number of hydrogen-bond acceptors (Lipinski definition) is 1. The molecule has 0 aliphatic carbocycles. The molecule has 0 atom stereocenters. The number of thiophene rings is 1. The number of hydrogen-bond donors (Lipinski definition) is 0. The van der Waals surface area contributed by atoms with Crippen molar-refractivity contribution in [3.8, 4) is 0 Å². The van der Waals surface area contributed by atoms with E-state index in [2.05, 4.69) is 79.3 Å². The van der Waals surface area contributed by atoms with Crippen LogP contribution >= 0.6 is 72.4 Å². The average molecular weight is 465 g/mol. The summed E-state index contributed by atoms with van der Waals surface area (Å²) in [5.74, 6) is 0. The standard InChI is InChI=1S/C8H3BrI2S/c9-5-2-1-4-3-6(10)12-8(4)7(5)11/h1-3H. The van der Waals surface area contributed by atoms with Gasteiger partial charge in [0.25, 0.3) is 0 Å². The van der Waals surface area contributed by atoms with E-state index in [1.54, 1.807) is 0 Å². The second-order valence-electron chi connectivity index (χ2n) is 2.33. The van der Waals surface area contributed by atoms with Gasteiger partial charge in [-0.1, -0.05) is 6.07 Å². The third-order valence-electron chi connectivity index (χ3n) is 1.55. The van der Waals surface area contributed by atoms with Gasteiger partial charge >= 0.3 is 0 Å². The highest BCUT2D eigenvalue weighted by Gasteiger charge is 2.05. The smallest absolute Gasteiger partial charge is 0.0666 e. The fourth-order valence-corrected chi connectivity index (χ4v) is 4.12. The van der Waals surface area contributed by atoms with Crippen molar-refractivity contribution in [2.45, 2.75) is 0 Å². The predicted octanol–water partition coefficient (Wildman–Crippen LogP) is 4.87. The molecule has 0 N–H and O–H groups in total. The average Bonchev–Trinajstić information content (AvgIpc) is 2.39. The molecule has 0 aliphatic heterocycles. The molecule has 4 heteroatoms. The molecule has 1 heterocycles. The van der Waals surface area contributed by atoms with Crippen LogP contribution in [0.2, 0.25) is 0 Å². The molecule has 0 spiro atoms. The maximum atomic E-state index is 3.52. The minimum atomic E-state index is 1.19. The summed E-state index contributed by atoms with van der Waals surface area (Å²) < 4.78 is 5.24. The molecular weight excluding hydrogens is 462 g/mol. The van der Waals surface area contributed by atoms with Crippen molar-refractivity contribution in [3.05, 3.63) is 29.1 Å². The van der Waals surface area contributed by atoms with Crippen LogP contribution in [0.15, 0.2) is 22.7 Å². The summed E-state index contributed by atoms with van der Waals surface area (Å²) >= 11 is 10.1. The third kappa shape index (κ3) is 1.67. The molecule has 0 aliphatic rings. The van der Waals surface area contributed by atoms with Gasteiger partial charge in [0.15, 0.2) is 0 Å². The Morgan fingerprint density at radius 3 is 2.75 bits per heavy atom. The molecule has 0 radical (unpaired) electrons. The second-order valence-corrected chi connectivity index (χ2v) is 7.21. The van der Waals surface area contributed by atoms with Crippen LogP contribution in [-0.4, -0.2) is 0 Å². The Morgan fingerprint density at radius 2 is 2.00 bits per heavy atom. The lowest BCUT2D eigenvalue weighted by molar-refractivity contribution is 1.70. The van der Waals surface area contributed by atoms with Gasteiger partial charge in [-0.25, -0.2) is 0 Å². The minimum Gasteiger partial charge on any atom is -0.128 e. The highest BCUT2D eigenvalue weighted by Crippen LogP contribution is 2.34. The molecule has 1 aromatic heterocycles. The first-order valence-electron chi connectivity index (χ1n) is 3.21. The summed E-state index contributed by atoms with van der Waals surface area (Å²) in [7, 11) is 0. The second kappa shape index (κ2) is 3.70. The normalized spacial score (nSPS) is 10.9. The Kier molecular flexibility index (Phi) is 2.98. The van der Waals surface area contributed by atoms with E-state index in [9.17, 15) is 0 Å². The molecule has 0 saturated carbocycles. The zero-order chi connectivity index (χ0) is 8.72. The van der Waals surface area contributed by atoms with Gasteiger partial charge in [-0.3, -0.25) is 0 Å². The Bertz CT molecular complexity index is 436. The molecule has 12 heavy (non-hydrogen) atoms. The molecule has 0 amide bonds. The topological polar surface area (TPSA) is 0 Å². The van der Waals surface area contributed by atoms with Crippen LogP contribution in [0.3, 0.4) is 0 Å². The van der Waals surface area contributed by atoms with Gasteiger partial charge in [0, 0.05) is 12.7 Å². The van der Waals surface area contributed by atoms with Gasteiger partial charge in [0.2, 0.25) is 0 Å². The number of fused-ring (bicyclic) bond motifs is 1. The molecule has 2 rings (SSSR count). The van der Waals surface area contributed by atoms with Crippen molar-refractivity contribution in [2.75, 3.05) is 0 Å². The summed E-state index contributed by atoms with van der Waals surface area (Å²) in [4.78, 5) is 0. The minimum absolute atomic E-state index is 1.19. The summed E-state index contributed by atoms with van der Waals surface area (Å²) in [5.41, 5.74) is 0. The van der Waals surface area contributed by atoms with Crippen LogP contribution in [0.25, 0.3) is 10.1 Å². The molecule has 0 unspecified atom stereocenters. The molecule has 1 aromatic carbocycles. The number of halogens is 3. The quantitative estimate of drug-likeness (QED) is 0.488. The summed E-state index contributed by atoms with van der Waals surface area (Å²) in [6, 6.07) is 6.47. The fraction of sp³-hybridized carbons (Fsp3) is 0. The maximum Gasteiger partial charge on any atom is 0.0666 e. The Balaban J connectivity index is 2.89. The van der Waals surface area contributed by atoms with E-state index in [1.807, 2.05) is 11.3 Å². The van der Waals surface area contributed by atoms with Crippen molar-refractivity contribution >= 4 is 82.5 Å². The Labute approximate surface area is 110 Å². The molecular formula is C8H3BrI2S. The van der Waals surface area contributed by atoms with Crippen molar-refractivity contribution < 1.29 is 0 Å². The van der Waals surface area contributed by atoms with Crippen LogP contribution in [0, 0.1) is 6.45 Å². The highest BCUT2D eigenvalue weighted by molar-refractivity contribution is 14.1. The van der Waals surface area contributed by atoms with E-state index in [4.69, 9.17) is 0 Å². The molecule has 62 valence electrons. The van der Waals surface area contributed by atoms with E-state index < -0.39 is 0 Å². The maximum absolute atomic E-state index is 3.52. The SMILES string of the molecule is Brc1ccc2cc(I)sc2c1I. The van der Waals surface area contributed by atoms with Crippen molar-refractivity contribution in [3.63, 3.8) is 0 Å². The first-order valence-corrected chi connectivity index (χ1v) is 6.98. The van der Waals surface area contributed by atoms with Crippen LogP contribution in [0.1, 0.15) is 0 Å².